The molecule has 0 saturated carbocycles. The average Bonchev–Trinajstić information content (AvgIpc) is 2.44. The summed E-state index contributed by atoms with van der Waals surface area (Å²) in [5, 5.41) is 0.378. The highest BCUT2D eigenvalue weighted by Gasteiger charge is 2.23. The summed E-state index contributed by atoms with van der Waals surface area (Å²) in [7, 11) is 1.71. The van der Waals surface area contributed by atoms with E-state index >= 15 is 0 Å². The van der Waals surface area contributed by atoms with Gasteiger partial charge < -0.3 is 9.47 Å². The molecule has 1 atom stereocenters. The lowest BCUT2D eigenvalue weighted by Gasteiger charge is -2.26. The van der Waals surface area contributed by atoms with E-state index in [-0.39, 0.29) is 5.97 Å². The minimum atomic E-state index is -0.123. The Labute approximate surface area is 118 Å². The van der Waals surface area contributed by atoms with E-state index in [0.717, 1.165) is 25.0 Å². The third-order valence-corrected chi connectivity index (χ3v) is 4.63. The topological polar surface area (TPSA) is 35.5 Å². The second-order valence-corrected chi connectivity index (χ2v) is 5.72. The molecule has 0 saturated heterocycles. The number of carbonyl (C=O) groups excluding carboxylic acids is 1. The molecule has 19 heavy (non-hydrogen) atoms. The van der Waals surface area contributed by atoms with Gasteiger partial charge in [0.2, 0.25) is 0 Å². The molecule has 1 aromatic carbocycles. The molecule has 1 aromatic rings. The first-order chi connectivity index (χ1) is 9.26. The third-order valence-electron chi connectivity index (χ3n) is 3.34. The van der Waals surface area contributed by atoms with Crippen LogP contribution >= 0.6 is 11.8 Å². The highest BCUT2D eigenvalue weighted by molar-refractivity contribution is 8.00. The summed E-state index contributed by atoms with van der Waals surface area (Å²) in [6, 6.07) is 6.19. The molecule has 0 amide bonds. The van der Waals surface area contributed by atoms with Crippen molar-refractivity contribution in [1.82, 2.24) is 0 Å². The van der Waals surface area contributed by atoms with Crippen molar-refractivity contribution in [3.63, 3.8) is 0 Å². The summed E-state index contributed by atoms with van der Waals surface area (Å²) >= 11 is 1.68. The van der Waals surface area contributed by atoms with Gasteiger partial charge in [0.15, 0.2) is 0 Å². The Morgan fingerprint density at radius 3 is 3.05 bits per heavy atom. The van der Waals surface area contributed by atoms with Crippen LogP contribution in [0.3, 0.4) is 0 Å². The average molecular weight is 280 g/mol. The van der Waals surface area contributed by atoms with Gasteiger partial charge in [0.25, 0.3) is 0 Å². The first kappa shape index (κ1) is 14.3. The normalized spacial score (nSPS) is 17.7. The van der Waals surface area contributed by atoms with E-state index in [2.05, 4.69) is 6.07 Å². The summed E-state index contributed by atoms with van der Waals surface area (Å²) in [5.41, 5.74) is 2.62. The lowest BCUT2D eigenvalue weighted by atomic mass is 9.90. The molecule has 3 nitrogen and oxygen atoms in total. The molecule has 0 N–H and O–H groups in total. The van der Waals surface area contributed by atoms with Crippen molar-refractivity contribution in [2.75, 3.05) is 19.5 Å². The smallest absolute Gasteiger partial charge is 0.315 e. The lowest BCUT2D eigenvalue weighted by molar-refractivity contribution is -0.139. The summed E-state index contributed by atoms with van der Waals surface area (Å²) in [4.78, 5) is 11.5. The van der Waals surface area contributed by atoms with Crippen LogP contribution in [0.4, 0.5) is 0 Å². The van der Waals surface area contributed by atoms with Crippen molar-refractivity contribution in [3.05, 3.63) is 29.3 Å². The van der Waals surface area contributed by atoms with Gasteiger partial charge in [-0.15, -0.1) is 11.8 Å². The lowest BCUT2D eigenvalue weighted by Crippen LogP contribution is -2.12. The third kappa shape index (κ3) is 3.44. The van der Waals surface area contributed by atoms with Gasteiger partial charge in [-0.3, -0.25) is 4.79 Å². The minimum absolute atomic E-state index is 0.123. The van der Waals surface area contributed by atoms with Gasteiger partial charge in [0.05, 0.1) is 19.5 Å². The SMILES string of the molecule is CCOC(=O)CS[C@@H]1CCCc2c(OC)cccc21. The monoisotopic (exact) mass is 280 g/mol. The molecule has 1 aliphatic rings. The maximum atomic E-state index is 11.5. The Hall–Kier alpha value is -1.16. The minimum Gasteiger partial charge on any atom is -0.496 e. The van der Waals surface area contributed by atoms with Gasteiger partial charge in [-0.25, -0.2) is 0 Å². The van der Waals surface area contributed by atoms with Crippen LogP contribution in [-0.4, -0.2) is 25.4 Å². The Kier molecular flexibility index (Phi) is 5.14. The van der Waals surface area contributed by atoms with Crippen LogP contribution in [-0.2, 0) is 16.0 Å². The van der Waals surface area contributed by atoms with Crippen LogP contribution < -0.4 is 4.74 Å². The van der Waals surface area contributed by atoms with E-state index < -0.39 is 0 Å². The molecule has 0 heterocycles. The summed E-state index contributed by atoms with van der Waals surface area (Å²) in [6.07, 6.45) is 3.33. The quantitative estimate of drug-likeness (QED) is 0.775. The molecule has 0 spiro atoms. The summed E-state index contributed by atoms with van der Waals surface area (Å²) < 4.78 is 10.4. The van der Waals surface area contributed by atoms with Gasteiger partial charge in [0, 0.05) is 5.25 Å². The Bertz CT molecular complexity index is 445. The number of fused-ring (bicyclic) bond motifs is 1. The van der Waals surface area contributed by atoms with Gasteiger partial charge in [-0.05, 0) is 43.4 Å². The molecule has 0 unspecified atom stereocenters. The van der Waals surface area contributed by atoms with Gasteiger partial charge in [0.1, 0.15) is 5.75 Å². The predicted molar refractivity (Wildman–Crippen MR) is 77.8 cm³/mol. The van der Waals surface area contributed by atoms with Crippen molar-refractivity contribution in [2.45, 2.75) is 31.4 Å². The van der Waals surface area contributed by atoms with E-state index in [9.17, 15) is 4.79 Å². The van der Waals surface area contributed by atoms with Crippen LogP contribution in [0.2, 0.25) is 0 Å². The first-order valence-corrected chi connectivity index (χ1v) is 7.74. The van der Waals surface area contributed by atoms with Crippen LogP contribution in [0, 0.1) is 0 Å². The number of esters is 1. The Morgan fingerprint density at radius 2 is 2.32 bits per heavy atom. The zero-order chi connectivity index (χ0) is 13.7. The molecule has 2 rings (SSSR count). The van der Waals surface area contributed by atoms with E-state index in [0.29, 0.717) is 17.6 Å². The van der Waals surface area contributed by atoms with Crippen molar-refractivity contribution < 1.29 is 14.3 Å². The van der Waals surface area contributed by atoms with Crippen LogP contribution in [0.5, 0.6) is 5.75 Å². The fraction of sp³-hybridized carbons (Fsp3) is 0.533. The predicted octanol–water partition coefficient (Wildman–Crippen LogP) is 3.37. The fourth-order valence-corrected chi connectivity index (χ4v) is 3.66. The fourth-order valence-electron chi connectivity index (χ4n) is 2.51. The Balaban J connectivity index is 2.07. The molecule has 4 heteroatoms. The van der Waals surface area contributed by atoms with E-state index in [1.165, 1.54) is 11.1 Å². The maximum absolute atomic E-state index is 11.5. The van der Waals surface area contributed by atoms with E-state index in [4.69, 9.17) is 9.47 Å². The van der Waals surface area contributed by atoms with Crippen molar-refractivity contribution in [2.24, 2.45) is 0 Å². The van der Waals surface area contributed by atoms with Crippen molar-refractivity contribution >= 4 is 17.7 Å². The zero-order valence-corrected chi connectivity index (χ0v) is 12.3. The second kappa shape index (κ2) is 6.85. The molecule has 0 fully saturated rings. The molecular weight excluding hydrogens is 260 g/mol. The molecular formula is C15H20O3S. The summed E-state index contributed by atoms with van der Waals surface area (Å²) in [5.74, 6) is 1.27. The maximum Gasteiger partial charge on any atom is 0.315 e. The van der Waals surface area contributed by atoms with Crippen LogP contribution in [0.1, 0.15) is 36.1 Å². The number of methoxy groups -OCH3 is 1. The standard InChI is InChI=1S/C15H20O3S/c1-3-18-15(16)10-19-14-9-5-6-11-12(14)7-4-8-13(11)17-2/h4,7-8,14H,3,5-6,9-10H2,1-2H3/t14-/m1/s1. The van der Waals surface area contributed by atoms with Gasteiger partial charge in [-0.1, -0.05) is 12.1 Å². The molecule has 0 radical (unpaired) electrons. The molecule has 104 valence electrons. The molecule has 0 aromatic heterocycles. The largest absolute Gasteiger partial charge is 0.496 e. The highest BCUT2D eigenvalue weighted by atomic mass is 32.2. The van der Waals surface area contributed by atoms with E-state index in [1.807, 2.05) is 19.1 Å². The van der Waals surface area contributed by atoms with Crippen molar-refractivity contribution in [1.29, 1.82) is 0 Å². The number of hydrogen-bond acceptors (Lipinski definition) is 4. The van der Waals surface area contributed by atoms with Gasteiger partial charge >= 0.3 is 5.97 Å². The number of hydrogen-bond donors (Lipinski definition) is 0. The Morgan fingerprint density at radius 1 is 1.47 bits per heavy atom. The number of rotatable bonds is 5. The highest BCUT2D eigenvalue weighted by Crippen LogP contribution is 2.42. The first-order valence-electron chi connectivity index (χ1n) is 6.69. The number of ether oxygens (including phenoxy) is 2. The van der Waals surface area contributed by atoms with E-state index in [1.54, 1.807) is 18.9 Å². The summed E-state index contributed by atoms with van der Waals surface area (Å²) in [6.45, 7) is 2.29. The molecule has 0 aliphatic heterocycles. The van der Waals surface area contributed by atoms with Crippen molar-refractivity contribution in [3.8, 4) is 5.75 Å². The zero-order valence-electron chi connectivity index (χ0n) is 11.5. The van der Waals surface area contributed by atoms with Crippen LogP contribution in [0.15, 0.2) is 18.2 Å². The van der Waals surface area contributed by atoms with Crippen LogP contribution in [0.25, 0.3) is 0 Å². The number of thioether (sulfide) groups is 1. The number of benzene rings is 1. The molecule has 1 aliphatic carbocycles. The van der Waals surface area contributed by atoms with Gasteiger partial charge in [-0.2, -0.15) is 0 Å². The number of carbonyl (C=O) groups is 1. The second-order valence-electron chi connectivity index (χ2n) is 4.52. The molecule has 0 bridgehead atoms.